The zero-order chi connectivity index (χ0) is 20.7. The second-order valence-corrected chi connectivity index (χ2v) is 6.35. The quantitative estimate of drug-likeness (QED) is 0.355. The molecule has 0 fully saturated rings. The van der Waals surface area contributed by atoms with Crippen LogP contribution in [0.5, 0.6) is 5.75 Å². The highest BCUT2D eigenvalue weighted by Crippen LogP contribution is 2.31. The second-order valence-electron chi connectivity index (χ2n) is 5.49. The van der Waals surface area contributed by atoms with Gasteiger partial charge in [0.15, 0.2) is 0 Å². The third kappa shape index (κ3) is 5.72. The fourth-order valence-corrected chi connectivity index (χ4v) is 2.67. The average molecular weight is 451 g/mol. The van der Waals surface area contributed by atoms with E-state index >= 15 is 0 Å². The van der Waals surface area contributed by atoms with Crippen LogP contribution >= 0.6 is 15.9 Å². The highest BCUT2D eigenvalue weighted by molar-refractivity contribution is 9.10. The molecule has 0 spiro atoms. The van der Waals surface area contributed by atoms with Crippen molar-refractivity contribution < 1.29 is 22.7 Å². The summed E-state index contributed by atoms with van der Waals surface area (Å²) in [6.07, 6.45) is -1.62. The molecule has 2 aromatic rings. The highest BCUT2D eigenvalue weighted by atomic mass is 79.9. The predicted molar refractivity (Wildman–Crippen MR) is 103 cm³/mol. The molecule has 0 radical (unpaired) electrons. The highest BCUT2D eigenvalue weighted by Gasteiger charge is 2.30. The van der Waals surface area contributed by atoms with Gasteiger partial charge in [-0.1, -0.05) is 24.8 Å². The molecule has 2 aromatic carbocycles. The Hall–Kier alpha value is -3.05. The van der Waals surface area contributed by atoms with Gasteiger partial charge in [0.2, 0.25) is 0 Å². The van der Waals surface area contributed by atoms with Gasteiger partial charge in [0.1, 0.15) is 24.0 Å². The Kier molecular flexibility index (Phi) is 7.01. The number of hydrogen-bond donors (Lipinski definition) is 1. The van der Waals surface area contributed by atoms with Crippen molar-refractivity contribution in [1.29, 1.82) is 5.26 Å². The van der Waals surface area contributed by atoms with Crippen LogP contribution < -0.4 is 10.1 Å². The Morgan fingerprint density at radius 2 is 2.04 bits per heavy atom. The molecule has 0 heterocycles. The summed E-state index contributed by atoms with van der Waals surface area (Å²) in [5.74, 6) is -0.256. The second kappa shape index (κ2) is 9.24. The van der Waals surface area contributed by atoms with E-state index in [0.29, 0.717) is 22.4 Å². The number of ether oxygens (including phenoxy) is 1. The molecule has 0 unspecified atom stereocenters. The van der Waals surface area contributed by atoms with E-state index in [0.717, 1.165) is 12.1 Å². The summed E-state index contributed by atoms with van der Waals surface area (Å²) in [6.45, 7) is 3.87. The first kappa shape index (κ1) is 21.3. The lowest BCUT2D eigenvalue weighted by Gasteiger charge is -2.10. The van der Waals surface area contributed by atoms with Gasteiger partial charge in [0.25, 0.3) is 5.91 Å². The zero-order valence-corrected chi connectivity index (χ0v) is 16.0. The van der Waals surface area contributed by atoms with Crippen molar-refractivity contribution in [1.82, 2.24) is 0 Å². The molecule has 0 saturated heterocycles. The van der Waals surface area contributed by atoms with E-state index in [-0.39, 0.29) is 11.3 Å². The Morgan fingerprint density at radius 3 is 2.64 bits per heavy atom. The number of benzene rings is 2. The van der Waals surface area contributed by atoms with Crippen molar-refractivity contribution in [3.63, 3.8) is 0 Å². The van der Waals surface area contributed by atoms with Crippen LogP contribution in [-0.2, 0) is 11.0 Å². The van der Waals surface area contributed by atoms with Crippen LogP contribution in [0.2, 0.25) is 0 Å². The number of halogens is 4. The van der Waals surface area contributed by atoms with Gasteiger partial charge in [-0.25, -0.2) is 0 Å². The van der Waals surface area contributed by atoms with E-state index in [1.165, 1.54) is 18.2 Å². The number of anilines is 1. The lowest BCUT2D eigenvalue weighted by atomic mass is 10.1. The molecular weight excluding hydrogens is 437 g/mol. The van der Waals surface area contributed by atoms with Crippen LogP contribution in [0.1, 0.15) is 11.1 Å². The first-order valence-electron chi connectivity index (χ1n) is 7.88. The van der Waals surface area contributed by atoms with Gasteiger partial charge in [0.05, 0.1) is 10.0 Å². The van der Waals surface area contributed by atoms with E-state index in [4.69, 9.17) is 4.74 Å². The van der Waals surface area contributed by atoms with E-state index in [9.17, 15) is 23.2 Å². The first-order valence-corrected chi connectivity index (χ1v) is 8.67. The van der Waals surface area contributed by atoms with Crippen molar-refractivity contribution in [2.75, 3.05) is 11.9 Å². The Balaban J connectivity index is 2.21. The molecule has 0 aliphatic rings. The summed E-state index contributed by atoms with van der Waals surface area (Å²) in [4.78, 5) is 12.3. The third-order valence-electron chi connectivity index (χ3n) is 3.44. The number of nitriles is 1. The monoisotopic (exact) mass is 450 g/mol. The van der Waals surface area contributed by atoms with Gasteiger partial charge in [0, 0.05) is 5.69 Å². The number of nitrogens with zero attached hydrogens (tertiary/aromatic N) is 1. The van der Waals surface area contributed by atoms with Crippen molar-refractivity contribution in [3.8, 4) is 11.8 Å². The van der Waals surface area contributed by atoms with Crippen LogP contribution in [0.3, 0.4) is 0 Å². The maximum atomic E-state index is 12.8. The Labute approximate surface area is 168 Å². The first-order chi connectivity index (χ1) is 13.2. The van der Waals surface area contributed by atoms with Crippen molar-refractivity contribution in [3.05, 3.63) is 76.3 Å². The number of carbonyl (C=O) groups is 1. The fraction of sp³-hybridized carbons (Fsp3) is 0.100. The Morgan fingerprint density at radius 1 is 1.29 bits per heavy atom. The van der Waals surface area contributed by atoms with Gasteiger partial charge in [-0.05, 0) is 57.9 Å². The maximum Gasteiger partial charge on any atom is 0.416 e. The smallest absolute Gasteiger partial charge is 0.416 e. The van der Waals surface area contributed by atoms with Crippen molar-refractivity contribution >= 4 is 33.6 Å². The van der Waals surface area contributed by atoms with Crippen LogP contribution in [-0.4, -0.2) is 12.5 Å². The number of alkyl halides is 3. The van der Waals surface area contributed by atoms with Crippen LogP contribution in [0.25, 0.3) is 6.08 Å². The summed E-state index contributed by atoms with van der Waals surface area (Å²) in [7, 11) is 0. The number of nitrogens with one attached hydrogen (secondary N) is 1. The van der Waals surface area contributed by atoms with E-state index in [1.54, 1.807) is 30.3 Å². The molecule has 1 amide bonds. The summed E-state index contributed by atoms with van der Waals surface area (Å²) in [6, 6.07) is 10.9. The minimum atomic E-state index is -4.53. The minimum absolute atomic E-state index is 0.0599. The van der Waals surface area contributed by atoms with E-state index < -0.39 is 17.6 Å². The molecule has 1 N–H and O–H groups in total. The van der Waals surface area contributed by atoms with Crippen molar-refractivity contribution in [2.24, 2.45) is 0 Å². The van der Waals surface area contributed by atoms with E-state index in [1.807, 2.05) is 0 Å². The lowest BCUT2D eigenvalue weighted by Crippen LogP contribution is -2.14. The van der Waals surface area contributed by atoms with Crippen LogP contribution in [0.4, 0.5) is 18.9 Å². The van der Waals surface area contributed by atoms with Gasteiger partial charge >= 0.3 is 6.18 Å². The normalized spacial score (nSPS) is 11.5. The molecule has 2 rings (SSSR count). The lowest BCUT2D eigenvalue weighted by molar-refractivity contribution is -0.137. The molecule has 0 atom stereocenters. The molecule has 0 saturated carbocycles. The molecule has 28 heavy (non-hydrogen) atoms. The fourth-order valence-electron chi connectivity index (χ4n) is 2.16. The van der Waals surface area contributed by atoms with E-state index in [2.05, 4.69) is 27.8 Å². The predicted octanol–water partition coefficient (Wildman–Crippen LogP) is 5.58. The SMILES string of the molecule is C=CCOc1ccc(/C=C(\C#N)C(=O)Nc2cccc(C(F)(F)F)c2)cc1Br. The topological polar surface area (TPSA) is 62.1 Å². The molecule has 144 valence electrons. The molecular formula is C20H14BrF3N2O2. The molecule has 4 nitrogen and oxygen atoms in total. The third-order valence-corrected chi connectivity index (χ3v) is 4.06. The summed E-state index contributed by atoms with van der Waals surface area (Å²) < 4.78 is 44.3. The average Bonchev–Trinajstić information content (AvgIpc) is 2.65. The maximum absolute atomic E-state index is 12.8. The molecule has 8 heteroatoms. The zero-order valence-electron chi connectivity index (χ0n) is 14.4. The van der Waals surface area contributed by atoms with Crippen LogP contribution in [0.15, 0.2) is 65.2 Å². The summed E-state index contributed by atoms with van der Waals surface area (Å²) in [5.41, 5.74) is -0.681. The van der Waals surface area contributed by atoms with Gasteiger partial charge in [-0.2, -0.15) is 18.4 Å². The molecule has 0 aliphatic carbocycles. The Bertz CT molecular complexity index is 963. The molecule has 0 aliphatic heterocycles. The summed E-state index contributed by atoms with van der Waals surface area (Å²) >= 11 is 3.33. The molecule has 0 bridgehead atoms. The van der Waals surface area contributed by atoms with Gasteiger partial charge < -0.3 is 10.1 Å². The van der Waals surface area contributed by atoms with Crippen molar-refractivity contribution in [2.45, 2.75) is 6.18 Å². The largest absolute Gasteiger partial charge is 0.488 e. The minimum Gasteiger partial charge on any atom is -0.488 e. The standard InChI is InChI=1S/C20H14BrF3N2O2/c1-2-8-28-18-7-6-13(10-17(18)21)9-14(12-25)19(27)26-16-5-3-4-15(11-16)20(22,23)24/h2-7,9-11H,1,8H2,(H,26,27)/b14-9+. The summed E-state index contributed by atoms with van der Waals surface area (Å²) in [5, 5.41) is 11.6. The van der Waals surface area contributed by atoms with Crippen LogP contribution in [0, 0.1) is 11.3 Å². The molecule has 0 aromatic heterocycles. The van der Waals surface area contributed by atoms with Gasteiger partial charge in [-0.3, -0.25) is 4.79 Å². The number of carbonyl (C=O) groups excluding carboxylic acids is 1. The number of rotatable bonds is 6. The van der Waals surface area contributed by atoms with Gasteiger partial charge in [-0.15, -0.1) is 0 Å². The number of amides is 1. The number of hydrogen-bond acceptors (Lipinski definition) is 3.